The van der Waals surface area contributed by atoms with Crippen molar-refractivity contribution in [2.24, 2.45) is 0 Å². The second-order valence-electron chi connectivity index (χ2n) is 4.05. The molecule has 1 N–H and O–H groups in total. The van der Waals surface area contributed by atoms with E-state index in [4.69, 9.17) is 4.74 Å². The molecule has 0 amide bonds. The first-order valence-corrected chi connectivity index (χ1v) is 6.86. The van der Waals surface area contributed by atoms with Crippen LogP contribution in [0.5, 0.6) is 5.88 Å². The zero-order chi connectivity index (χ0) is 14.5. The standard InChI is InChI=1S/C14H13BrF2N2O/c1-2-18-13-11(16)7-12(17)14(19-13)20-8-9-4-3-5-10(15)6-9/h3-7H,2,8H2,1H3,(H,18,19). The van der Waals surface area contributed by atoms with Crippen molar-refractivity contribution in [3.8, 4) is 5.88 Å². The smallest absolute Gasteiger partial charge is 0.252 e. The Bertz CT molecular complexity index is 608. The van der Waals surface area contributed by atoms with Crippen LogP contribution in [0.25, 0.3) is 0 Å². The van der Waals surface area contributed by atoms with E-state index in [1.165, 1.54) is 0 Å². The third-order valence-electron chi connectivity index (χ3n) is 2.51. The van der Waals surface area contributed by atoms with Gasteiger partial charge in [-0.2, -0.15) is 4.98 Å². The topological polar surface area (TPSA) is 34.2 Å². The number of anilines is 1. The zero-order valence-electron chi connectivity index (χ0n) is 10.8. The number of aromatic nitrogens is 1. The van der Waals surface area contributed by atoms with Crippen LogP contribution in [0.1, 0.15) is 12.5 Å². The average Bonchev–Trinajstić information content (AvgIpc) is 2.41. The summed E-state index contributed by atoms with van der Waals surface area (Å²) in [5, 5.41) is 2.71. The molecular weight excluding hydrogens is 330 g/mol. The first-order chi connectivity index (χ1) is 9.60. The van der Waals surface area contributed by atoms with Crippen molar-refractivity contribution in [2.75, 3.05) is 11.9 Å². The fraction of sp³-hybridized carbons (Fsp3) is 0.214. The second kappa shape index (κ2) is 6.65. The lowest BCUT2D eigenvalue weighted by Crippen LogP contribution is -2.06. The maximum absolute atomic E-state index is 13.6. The first kappa shape index (κ1) is 14.7. The Morgan fingerprint density at radius 3 is 2.75 bits per heavy atom. The number of nitrogens with one attached hydrogen (secondary N) is 1. The highest BCUT2D eigenvalue weighted by Crippen LogP contribution is 2.22. The number of benzene rings is 1. The highest BCUT2D eigenvalue weighted by molar-refractivity contribution is 9.10. The molecule has 0 bridgehead atoms. The van der Waals surface area contributed by atoms with Gasteiger partial charge in [0.2, 0.25) is 0 Å². The number of pyridine rings is 1. The minimum Gasteiger partial charge on any atom is -0.471 e. The van der Waals surface area contributed by atoms with Crippen LogP contribution >= 0.6 is 15.9 Å². The predicted octanol–water partition coefficient (Wildman–Crippen LogP) is 4.13. The molecule has 0 aliphatic rings. The fourth-order valence-electron chi connectivity index (χ4n) is 1.62. The third-order valence-corrected chi connectivity index (χ3v) is 3.00. The summed E-state index contributed by atoms with van der Waals surface area (Å²) in [6.07, 6.45) is 0. The van der Waals surface area contributed by atoms with Gasteiger partial charge in [0.1, 0.15) is 6.61 Å². The van der Waals surface area contributed by atoms with Gasteiger partial charge >= 0.3 is 0 Å². The van der Waals surface area contributed by atoms with E-state index in [0.717, 1.165) is 16.1 Å². The quantitative estimate of drug-likeness (QED) is 0.886. The molecule has 3 nitrogen and oxygen atoms in total. The van der Waals surface area contributed by atoms with E-state index in [9.17, 15) is 8.78 Å². The normalized spacial score (nSPS) is 10.4. The summed E-state index contributed by atoms with van der Waals surface area (Å²) >= 11 is 3.34. The van der Waals surface area contributed by atoms with Gasteiger partial charge in [0, 0.05) is 17.1 Å². The van der Waals surface area contributed by atoms with Gasteiger partial charge in [-0.05, 0) is 24.6 Å². The van der Waals surface area contributed by atoms with Crippen molar-refractivity contribution in [1.82, 2.24) is 4.98 Å². The molecule has 1 heterocycles. The SMILES string of the molecule is CCNc1nc(OCc2cccc(Br)c2)c(F)cc1F. The van der Waals surface area contributed by atoms with E-state index >= 15 is 0 Å². The molecule has 6 heteroatoms. The van der Waals surface area contributed by atoms with Crippen molar-refractivity contribution in [3.05, 3.63) is 52.0 Å². The van der Waals surface area contributed by atoms with E-state index in [2.05, 4.69) is 26.2 Å². The molecular formula is C14H13BrF2N2O. The van der Waals surface area contributed by atoms with Gasteiger partial charge < -0.3 is 10.1 Å². The molecule has 2 aromatic rings. The highest BCUT2D eigenvalue weighted by atomic mass is 79.9. The van der Waals surface area contributed by atoms with Gasteiger partial charge in [-0.15, -0.1) is 0 Å². The van der Waals surface area contributed by atoms with Crippen molar-refractivity contribution >= 4 is 21.7 Å². The molecule has 20 heavy (non-hydrogen) atoms. The molecule has 0 saturated heterocycles. The Kier molecular flexibility index (Phi) is 4.89. The summed E-state index contributed by atoms with van der Waals surface area (Å²) in [5.41, 5.74) is 0.856. The first-order valence-electron chi connectivity index (χ1n) is 6.07. The number of halogens is 3. The minimum absolute atomic E-state index is 0.0156. The summed E-state index contributed by atoms with van der Waals surface area (Å²) in [6, 6.07) is 8.19. The Hall–Kier alpha value is -1.69. The molecule has 2 rings (SSSR count). The van der Waals surface area contributed by atoms with Gasteiger partial charge in [-0.1, -0.05) is 28.1 Å². The van der Waals surface area contributed by atoms with Crippen LogP contribution in [0.15, 0.2) is 34.8 Å². The number of nitrogens with zero attached hydrogens (tertiary/aromatic N) is 1. The van der Waals surface area contributed by atoms with Crippen LogP contribution in [0.2, 0.25) is 0 Å². The van der Waals surface area contributed by atoms with Crippen molar-refractivity contribution in [1.29, 1.82) is 0 Å². The van der Waals surface area contributed by atoms with E-state index in [0.29, 0.717) is 6.54 Å². The van der Waals surface area contributed by atoms with Crippen LogP contribution < -0.4 is 10.1 Å². The van der Waals surface area contributed by atoms with E-state index in [1.54, 1.807) is 6.92 Å². The van der Waals surface area contributed by atoms with Crippen LogP contribution in [0, 0.1) is 11.6 Å². The molecule has 0 aliphatic heterocycles. The summed E-state index contributed by atoms with van der Waals surface area (Å²) in [7, 11) is 0. The molecule has 1 aromatic heterocycles. The summed E-state index contributed by atoms with van der Waals surface area (Å²) < 4.78 is 33.2. The van der Waals surface area contributed by atoms with Crippen LogP contribution in [0.4, 0.5) is 14.6 Å². The Morgan fingerprint density at radius 2 is 2.05 bits per heavy atom. The maximum Gasteiger partial charge on any atom is 0.252 e. The highest BCUT2D eigenvalue weighted by Gasteiger charge is 2.12. The van der Waals surface area contributed by atoms with E-state index < -0.39 is 11.6 Å². The average molecular weight is 343 g/mol. The van der Waals surface area contributed by atoms with Crippen LogP contribution in [-0.4, -0.2) is 11.5 Å². The molecule has 0 radical (unpaired) electrons. The predicted molar refractivity (Wildman–Crippen MR) is 76.8 cm³/mol. The molecule has 0 atom stereocenters. The molecule has 0 fully saturated rings. The van der Waals surface area contributed by atoms with E-state index in [-0.39, 0.29) is 18.3 Å². The van der Waals surface area contributed by atoms with Crippen molar-refractivity contribution in [2.45, 2.75) is 13.5 Å². The maximum atomic E-state index is 13.6. The number of hydrogen-bond donors (Lipinski definition) is 1. The lowest BCUT2D eigenvalue weighted by atomic mass is 10.2. The Labute approximate surface area is 124 Å². The molecule has 1 aromatic carbocycles. The van der Waals surface area contributed by atoms with Crippen molar-refractivity contribution < 1.29 is 13.5 Å². The molecule has 0 spiro atoms. The lowest BCUT2D eigenvalue weighted by molar-refractivity contribution is 0.276. The molecule has 0 saturated carbocycles. The zero-order valence-corrected chi connectivity index (χ0v) is 12.4. The Morgan fingerprint density at radius 1 is 1.25 bits per heavy atom. The second-order valence-corrected chi connectivity index (χ2v) is 4.97. The molecule has 106 valence electrons. The van der Waals surface area contributed by atoms with E-state index in [1.807, 2.05) is 24.3 Å². The van der Waals surface area contributed by atoms with Gasteiger partial charge in [0.25, 0.3) is 5.88 Å². The lowest BCUT2D eigenvalue weighted by Gasteiger charge is -2.10. The Balaban J connectivity index is 2.14. The van der Waals surface area contributed by atoms with Crippen LogP contribution in [0.3, 0.4) is 0 Å². The largest absolute Gasteiger partial charge is 0.471 e. The molecule has 0 unspecified atom stereocenters. The minimum atomic E-state index is -0.820. The summed E-state index contributed by atoms with van der Waals surface area (Å²) in [5.74, 6) is -1.79. The number of hydrogen-bond acceptors (Lipinski definition) is 3. The monoisotopic (exact) mass is 342 g/mol. The number of ether oxygens (including phenoxy) is 1. The van der Waals surface area contributed by atoms with Crippen molar-refractivity contribution in [3.63, 3.8) is 0 Å². The summed E-state index contributed by atoms with van der Waals surface area (Å²) in [6.45, 7) is 2.44. The fourth-order valence-corrected chi connectivity index (χ4v) is 2.07. The van der Waals surface area contributed by atoms with Crippen LogP contribution in [-0.2, 0) is 6.61 Å². The van der Waals surface area contributed by atoms with Gasteiger partial charge in [0.05, 0.1) is 0 Å². The van der Waals surface area contributed by atoms with Gasteiger partial charge in [0.15, 0.2) is 17.5 Å². The number of rotatable bonds is 5. The summed E-state index contributed by atoms with van der Waals surface area (Å²) in [4.78, 5) is 3.80. The van der Waals surface area contributed by atoms with Gasteiger partial charge in [-0.25, -0.2) is 8.78 Å². The van der Waals surface area contributed by atoms with Gasteiger partial charge in [-0.3, -0.25) is 0 Å². The molecule has 0 aliphatic carbocycles. The third kappa shape index (κ3) is 3.66.